The molecule has 1 amide bonds. The van der Waals surface area contributed by atoms with Gasteiger partial charge < -0.3 is 29.0 Å². The number of benzene rings is 2. The minimum Gasteiger partial charge on any atom is -0.507 e. The van der Waals surface area contributed by atoms with Crippen molar-refractivity contribution < 1.29 is 33.6 Å². The summed E-state index contributed by atoms with van der Waals surface area (Å²) < 4.78 is 21.3. The number of aliphatic hydroxyl groups excluding tert-OH is 1. The molecule has 1 saturated heterocycles. The van der Waals surface area contributed by atoms with E-state index in [2.05, 4.69) is 0 Å². The molecule has 1 fully saturated rings. The van der Waals surface area contributed by atoms with Crippen LogP contribution in [0.15, 0.2) is 42.0 Å². The molecule has 2 aromatic carbocycles. The third-order valence-corrected chi connectivity index (χ3v) is 5.62. The molecule has 1 heterocycles. The molecule has 1 aliphatic rings. The van der Waals surface area contributed by atoms with Gasteiger partial charge in [-0.1, -0.05) is 17.7 Å². The van der Waals surface area contributed by atoms with Crippen LogP contribution in [0.1, 0.15) is 29.2 Å². The van der Waals surface area contributed by atoms with E-state index in [-0.39, 0.29) is 17.9 Å². The van der Waals surface area contributed by atoms with E-state index in [9.17, 15) is 14.7 Å². The normalized spacial score (nSPS) is 17.4. The van der Waals surface area contributed by atoms with Gasteiger partial charge in [0.05, 0.1) is 38.5 Å². The molecule has 0 aliphatic carbocycles. The fourth-order valence-electron chi connectivity index (χ4n) is 4.01. The third-order valence-electron chi connectivity index (χ3n) is 5.62. The number of carbonyl (C=O) groups is 2. The van der Waals surface area contributed by atoms with Crippen molar-refractivity contribution in [2.45, 2.75) is 19.4 Å². The van der Waals surface area contributed by atoms with Gasteiger partial charge in [0.1, 0.15) is 11.5 Å². The molecule has 0 radical (unpaired) electrons. The summed E-state index contributed by atoms with van der Waals surface area (Å²) in [6.45, 7) is 2.57. The summed E-state index contributed by atoms with van der Waals surface area (Å²) in [6.07, 6.45) is 0.529. The quantitative estimate of drug-likeness (QED) is 0.268. The number of likely N-dealkylation sites (tertiary alicyclic amines) is 1. The number of ether oxygens (including phenoxy) is 4. The van der Waals surface area contributed by atoms with Crippen molar-refractivity contribution in [1.82, 2.24) is 4.90 Å². The van der Waals surface area contributed by atoms with Crippen LogP contribution in [0, 0.1) is 6.92 Å². The molecule has 0 aromatic heterocycles. The third kappa shape index (κ3) is 4.66. The van der Waals surface area contributed by atoms with Gasteiger partial charge in [-0.25, -0.2) is 0 Å². The molecule has 8 heteroatoms. The average molecular weight is 456 g/mol. The summed E-state index contributed by atoms with van der Waals surface area (Å²) in [5.41, 5.74) is 1.82. The molecule has 8 nitrogen and oxygen atoms in total. The second-order valence-electron chi connectivity index (χ2n) is 7.66. The molecule has 33 heavy (non-hydrogen) atoms. The number of rotatable bonds is 9. The Bertz CT molecular complexity index is 1080. The van der Waals surface area contributed by atoms with Crippen molar-refractivity contribution in [3.8, 4) is 17.2 Å². The zero-order valence-electron chi connectivity index (χ0n) is 19.5. The fourth-order valence-corrected chi connectivity index (χ4v) is 4.01. The molecular weight excluding hydrogens is 426 g/mol. The Balaban J connectivity index is 2.22. The number of aryl methyl sites for hydroxylation is 1. The number of Topliss-reactive ketones (excluding diaryl/α,β-unsaturated/α-hetero) is 1. The molecule has 1 atom stereocenters. The maximum Gasteiger partial charge on any atom is 0.295 e. The van der Waals surface area contributed by atoms with Crippen molar-refractivity contribution in [1.29, 1.82) is 0 Å². The largest absolute Gasteiger partial charge is 0.507 e. The first-order valence-electron chi connectivity index (χ1n) is 10.5. The van der Waals surface area contributed by atoms with Crippen molar-refractivity contribution in [3.63, 3.8) is 0 Å². The lowest BCUT2D eigenvalue weighted by molar-refractivity contribution is -0.140. The molecule has 2 aromatic rings. The lowest BCUT2D eigenvalue weighted by Crippen LogP contribution is -2.31. The smallest absolute Gasteiger partial charge is 0.295 e. The van der Waals surface area contributed by atoms with Crippen molar-refractivity contribution >= 4 is 17.4 Å². The van der Waals surface area contributed by atoms with Gasteiger partial charge in [0, 0.05) is 20.3 Å². The van der Waals surface area contributed by atoms with Crippen LogP contribution >= 0.6 is 0 Å². The van der Waals surface area contributed by atoms with Crippen LogP contribution < -0.4 is 14.2 Å². The zero-order chi connectivity index (χ0) is 24.1. The van der Waals surface area contributed by atoms with Gasteiger partial charge in [-0.15, -0.1) is 0 Å². The molecule has 0 saturated carbocycles. The van der Waals surface area contributed by atoms with Crippen LogP contribution in [-0.4, -0.2) is 63.3 Å². The number of hydrogen-bond donors (Lipinski definition) is 1. The van der Waals surface area contributed by atoms with Crippen molar-refractivity contribution in [2.75, 3.05) is 41.6 Å². The zero-order valence-corrected chi connectivity index (χ0v) is 19.5. The summed E-state index contributed by atoms with van der Waals surface area (Å²) in [7, 11) is 6.09. The Hall–Kier alpha value is -3.52. The maximum atomic E-state index is 13.2. The van der Waals surface area contributed by atoms with E-state index in [0.717, 1.165) is 5.56 Å². The summed E-state index contributed by atoms with van der Waals surface area (Å²) in [6, 6.07) is 9.62. The van der Waals surface area contributed by atoms with Crippen molar-refractivity contribution in [2.24, 2.45) is 0 Å². The van der Waals surface area contributed by atoms with Crippen molar-refractivity contribution in [3.05, 3.63) is 58.7 Å². The lowest BCUT2D eigenvalue weighted by Gasteiger charge is -2.26. The van der Waals surface area contributed by atoms with E-state index >= 15 is 0 Å². The monoisotopic (exact) mass is 455 g/mol. The van der Waals surface area contributed by atoms with Gasteiger partial charge in [-0.05, 0) is 43.2 Å². The first-order valence-corrected chi connectivity index (χ1v) is 10.5. The van der Waals surface area contributed by atoms with E-state index in [1.54, 1.807) is 37.4 Å². The second kappa shape index (κ2) is 10.4. The van der Waals surface area contributed by atoms with E-state index in [1.165, 1.54) is 26.2 Å². The molecule has 176 valence electrons. The average Bonchev–Trinajstić information content (AvgIpc) is 3.08. The SMILES string of the molecule is COCCCN1C(=O)C(=O)/C(=C(/O)c2cc(C)ccc2OC)C1c1ccc(OC)c(OC)c1. The van der Waals surface area contributed by atoms with Crippen LogP contribution in [0.5, 0.6) is 17.2 Å². The second-order valence-corrected chi connectivity index (χ2v) is 7.66. The summed E-state index contributed by atoms with van der Waals surface area (Å²) in [5.74, 6) is -0.367. The molecule has 0 bridgehead atoms. The van der Waals surface area contributed by atoms with E-state index in [4.69, 9.17) is 18.9 Å². The summed E-state index contributed by atoms with van der Waals surface area (Å²) in [4.78, 5) is 27.7. The van der Waals surface area contributed by atoms with E-state index in [0.29, 0.717) is 41.4 Å². The highest BCUT2D eigenvalue weighted by molar-refractivity contribution is 6.46. The molecule has 1 N–H and O–H groups in total. The number of hydrogen-bond acceptors (Lipinski definition) is 7. The Labute approximate surface area is 193 Å². The van der Waals surface area contributed by atoms with Gasteiger partial charge in [-0.2, -0.15) is 0 Å². The van der Waals surface area contributed by atoms with E-state index < -0.39 is 17.7 Å². The van der Waals surface area contributed by atoms with Gasteiger partial charge in [-0.3, -0.25) is 9.59 Å². The highest BCUT2D eigenvalue weighted by Gasteiger charge is 2.46. The maximum absolute atomic E-state index is 13.2. The number of amides is 1. The Morgan fingerprint density at radius 3 is 2.24 bits per heavy atom. The number of carbonyl (C=O) groups excluding carboxylic acids is 2. The summed E-state index contributed by atoms with van der Waals surface area (Å²) in [5, 5.41) is 11.3. The predicted octanol–water partition coefficient (Wildman–Crippen LogP) is 3.48. The van der Waals surface area contributed by atoms with Crippen LogP contribution in [0.25, 0.3) is 5.76 Å². The fraction of sp³-hybridized carbons (Fsp3) is 0.360. The Kier molecular flexibility index (Phi) is 7.60. The van der Waals surface area contributed by atoms with Crippen LogP contribution in [0.3, 0.4) is 0 Å². The van der Waals surface area contributed by atoms with Gasteiger partial charge >= 0.3 is 0 Å². The molecule has 0 spiro atoms. The topological polar surface area (TPSA) is 94.5 Å². The predicted molar refractivity (Wildman–Crippen MR) is 123 cm³/mol. The molecular formula is C25H29NO7. The van der Waals surface area contributed by atoms with Crippen LogP contribution in [-0.2, 0) is 14.3 Å². The number of methoxy groups -OCH3 is 4. The van der Waals surface area contributed by atoms with Crippen LogP contribution in [0.2, 0.25) is 0 Å². The number of aliphatic hydroxyl groups is 1. The van der Waals surface area contributed by atoms with E-state index in [1.807, 2.05) is 13.0 Å². The highest BCUT2D eigenvalue weighted by atomic mass is 16.5. The lowest BCUT2D eigenvalue weighted by atomic mass is 9.94. The molecule has 1 aliphatic heterocycles. The number of nitrogens with zero attached hydrogens (tertiary/aromatic N) is 1. The Morgan fingerprint density at radius 2 is 1.61 bits per heavy atom. The van der Waals surface area contributed by atoms with Crippen LogP contribution in [0.4, 0.5) is 0 Å². The highest BCUT2D eigenvalue weighted by Crippen LogP contribution is 2.43. The summed E-state index contributed by atoms with van der Waals surface area (Å²) >= 11 is 0. The van der Waals surface area contributed by atoms with Gasteiger partial charge in [0.2, 0.25) is 0 Å². The van der Waals surface area contributed by atoms with Gasteiger partial charge in [0.25, 0.3) is 11.7 Å². The molecule has 3 rings (SSSR count). The van der Waals surface area contributed by atoms with Gasteiger partial charge in [0.15, 0.2) is 11.5 Å². The number of ketones is 1. The minimum atomic E-state index is -0.813. The standard InChI is InChI=1S/C25H29NO7/c1-15-7-9-18(31-3)17(13-15)23(27)21-22(16-8-10-19(32-4)20(14-16)33-5)26(11-6-12-30-2)25(29)24(21)28/h7-10,13-14,22,27H,6,11-12H2,1-5H3/b23-21+. The Morgan fingerprint density at radius 1 is 0.939 bits per heavy atom. The molecule has 1 unspecified atom stereocenters. The first kappa shape index (κ1) is 24.1. The first-order chi connectivity index (χ1) is 15.9. The minimum absolute atomic E-state index is 0.00598.